The van der Waals surface area contributed by atoms with Gasteiger partial charge in [-0.05, 0) is 51.5 Å². The Bertz CT molecular complexity index is 986. The fourth-order valence-electron chi connectivity index (χ4n) is 2.72. The van der Waals surface area contributed by atoms with E-state index in [0.29, 0.717) is 5.82 Å². The SMILES string of the molecule is C/C(C(N)=O)=C(/Nc1cccc(OCCO)n1)SC(C)c1c(F)cc(C(C)(C)O)cc1F. The number of hydrogen-bond acceptors (Lipinski definition) is 7. The highest BCUT2D eigenvalue weighted by Crippen LogP contribution is 2.39. The van der Waals surface area contributed by atoms with Crippen LogP contribution in [0.3, 0.4) is 0 Å². The second kappa shape index (κ2) is 10.8. The third kappa shape index (κ3) is 6.65. The number of halogens is 2. The minimum absolute atomic E-state index is 0.0600. The highest BCUT2D eigenvalue weighted by atomic mass is 32.2. The van der Waals surface area contributed by atoms with Crippen LogP contribution in [-0.2, 0) is 10.4 Å². The first kappa shape index (κ1) is 25.6. The number of benzene rings is 1. The van der Waals surface area contributed by atoms with Crippen molar-refractivity contribution >= 4 is 23.5 Å². The van der Waals surface area contributed by atoms with Crippen LogP contribution in [0.2, 0.25) is 0 Å². The molecular formula is C22H27F2N3O4S. The van der Waals surface area contributed by atoms with E-state index in [-0.39, 0.29) is 40.8 Å². The predicted octanol–water partition coefficient (Wildman–Crippen LogP) is 3.58. The number of nitrogens with zero attached hydrogens (tertiary/aromatic N) is 1. The van der Waals surface area contributed by atoms with Crippen LogP contribution in [-0.4, -0.2) is 34.3 Å². The maximum Gasteiger partial charge on any atom is 0.246 e. The number of carbonyl (C=O) groups is 1. The van der Waals surface area contributed by atoms with Gasteiger partial charge in [0.05, 0.1) is 17.2 Å². The molecule has 0 aliphatic rings. The summed E-state index contributed by atoms with van der Waals surface area (Å²) in [5.74, 6) is -1.77. The van der Waals surface area contributed by atoms with Gasteiger partial charge in [-0.3, -0.25) is 4.79 Å². The Kier molecular flexibility index (Phi) is 8.59. The molecule has 2 rings (SSSR count). The zero-order chi connectivity index (χ0) is 24.1. The molecule has 1 aromatic heterocycles. The number of thioether (sulfide) groups is 1. The minimum atomic E-state index is -1.40. The Hall–Kier alpha value is -2.69. The number of nitrogens with one attached hydrogen (secondary N) is 1. The lowest BCUT2D eigenvalue weighted by Crippen LogP contribution is -2.18. The van der Waals surface area contributed by atoms with E-state index < -0.39 is 28.4 Å². The fourth-order valence-corrected chi connectivity index (χ4v) is 3.85. The number of aliphatic hydroxyl groups is 2. The van der Waals surface area contributed by atoms with Crippen molar-refractivity contribution in [2.45, 2.75) is 38.5 Å². The van der Waals surface area contributed by atoms with E-state index in [1.165, 1.54) is 20.8 Å². The van der Waals surface area contributed by atoms with Crippen molar-refractivity contribution in [3.63, 3.8) is 0 Å². The van der Waals surface area contributed by atoms with Crippen LogP contribution in [0.4, 0.5) is 14.6 Å². The molecular weight excluding hydrogens is 440 g/mol. The number of carbonyl (C=O) groups excluding carboxylic acids is 1. The van der Waals surface area contributed by atoms with Crippen LogP contribution in [0.5, 0.6) is 5.88 Å². The summed E-state index contributed by atoms with van der Waals surface area (Å²) in [6.45, 7) is 5.82. The molecule has 0 saturated heterocycles. The van der Waals surface area contributed by atoms with E-state index in [2.05, 4.69) is 10.3 Å². The first-order valence-corrected chi connectivity index (χ1v) is 10.7. The topological polar surface area (TPSA) is 118 Å². The summed E-state index contributed by atoms with van der Waals surface area (Å²) in [7, 11) is 0. The van der Waals surface area contributed by atoms with Gasteiger partial charge in [0.1, 0.15) is 24.1 Å². The van der Waals surface area contributed by atoms with Gasteiger partial charge in [0.25, 0.3) is 0 Å². The summed E-state index contributed by atoms with van der Waals surface area (Å²) in [4.78, 5) is 16.0. The quantitative estimate of drug-likeness (QED) is 0.395. The molecule has 174 valence electrons. The molecule has 1 amide bonds. The molecule has 0 aliphatic carbocycles. The van der Waals surface area contributed by atoms with Crippen molar-refractivity contribution in [2.75, 3.05) is 18.5 Å². The van der Waals surface area contributed by atoms with Gasteiger partial charge in [-0.25, -0.2) is 8.78 Å². The molecule has 32 heavy (non-hydrogen) atoms. The summed E-state index contributed by atoms with van der Waals surface area (Å²) in [5.41, 5.74) is 4.09. The lowest BCUT2D eigenvalue weighted by molar-refractivity contribution is -0.114. The van der Waals surface area contributed by atoms with Gasteiger partial charge in [-0.15, -0.1) is 0 Å². The zero-order valence-corrected chi connectivity index (χ0v) is 19.1. The number of primary amides is 1. The summed E-state index contributed by atoms with van der Waals surface area (Å²) < 4.78 is 34.8. The average molecular weight is 468 g/mol. The molecule has 2 aromatic rings. The summed E-state index contributed by atoms with van der Waals surface area (Å²) in [6.07, 6.45) is 0. The Morgan fingerprint density at radius 1 is 1.31 bits per heavy atom. The summed E-state index contributed by atoms with van der Waals surface area (Å²) in [6, 6.07) is 7.05. The van der Waals surface area contributed by atoms with Gasteiger partial charge in [-0.2, -0.15) is 4.98 Å². The zero-order valence-electron chi connectivity index (χ0n) is 18.3. The second-order valence-corrected chi connectivity index (χ2v) is 8.90. The number of nitrogens with two attached hydrogens (primary N) is 1. The Morgan fingerprint density at radius 3 is 2.47 bits per heavy atom. The van der Waals surface area contributed by atoms with Crippen molar-refractivity contribution in [2.24, 2.45) is 5.73 Å². The molecule has 0 fully saturated rings. The lowest BCUT2D eigenvalue weighted by atomic mass is 9.96. The van der Waals surface area contributed by atoms with Crippen molar-refractivity contribution in [3.05, 3.63) is 63.7 Å². The third-order valence-corrected chi connectivity index (χ3v) is 5.74. The number of anilines is 1. The maximum absolute atomic E-state index is 14.8. The van der Waals surface area contributed by atoms with E-state index in [9.17, 15) is 18.7 Å². The molecule has 7 nitrogen and oxygen atoms in total. The lowest BCUT2D eigenvalue weighted by Gasteiger charge is -2.22. The number of aliphatic hydroxyl groups excluding tert-OH is 1. The largest absolute Gasteiger partial charge is 0.475 e. The van der Waals surface area contributed by atoms with Crippen LogP contribution in [0.25, 0.3) is 0 Å². The number of hydrogen-bond donors (Lipinski definition) is 4. The van der Waals surface area contributed by atoms with Gasteiger partial charge >= 0.3 is 0 Å². The van der Waals surface area contributed by atoms with Gasteiger partial charge in [0.15, 0.2) is 0 Å². The first-order chi connectivity index (χ1) is 14.9. The van der Waals surface area contributed by atoms with E-state index in [1.54, 1.807) is 25.1 Å². The smallest absolute Gasteiger partial charge is 0.246 e. The molecule has 0 aliphatic heterocycles. The van der Waals surface area contributed by atoms with E-state index >= 15 is 0 Å². The average Bonchev–Trinajstić information content (AvgIpc) is 2.70. The van der Waals surface area contributed by atoms with Gasteiger partial charge in [-0.1, -0.05) is 17.8 Å². The molecule has 0 bridgehead atoms. The van der Waals surface area contributed by atoms with Crippen LogP contribution in [0.15, 0.2) is 40.9 Å². The highest BCUT2D eigenvalue weighted by Gasteiger charge is 2.25. The summed E-state index contributed by atoms with van der Waals surface area (Å²) in [5, 5.41) is 21.4. The molecule has 1 atom stereocenters. The number of pyridine rings is 1. The van der Waals surface area contributed by atoms with Crippen molar-refractivity contribution in [3.8, 4) is 5.88 Å². The monoisotopic (exact) mass is 467 g/mol. The molecule has 10 heteroatoms. The van der Waals surface area contributed by atoms with Gasteiger partial charge < -0.3 is 26.0 Å². The first-order valence-electron chi connectivity index (χ1n) is 9.81. The molecule has 0 saturated carbocycles. The molecule has 1 aromatic carbocycles. The van der Waals surface area contributed by atoms with Crippen LogP contribution < -0.4 is 15.8 Å². The molecule has 1 heterocycles. The van der Waals surface area contributed by atoms with Crippen molar-refractivity contribution in [1.29, 1.82) is 0 Å². The number of rotatable bonds is 10. The second-order valence-electron chi connectivity index (χ2n) is 7.55. The standard InChI is InChI=1S/C22H27F2N3O4S/c1-12(20(25)29)21(27-17-6-5-7-18(26-17)31-9-8-28)32-13(2)19-15(23)10-14(11-16(19)24)22(3,4)30/h5-7,10-11,13,28,30H,8-9H2,1-4H3,(H2,25,29)(H,26,27)/b21-12+. The van der Waals surface area contributed by atoms with Crippen LogP contribution in [0.1, 0.15) is 44.1 Å². The molecule has 1 unspecified atom stereocenters. The van der Waals surface area contributed by atoms with Crippen LogP contribution in [0, 0.1) is 11.6 Å². The number of ether oxygens (including phenoxy) is 1. The predicted molar refractivity (Wildman–Crippen MR) is 120 cm³/mol. The Balaban J connectivity index is 2.35. The molecule has 5 N–H and O–H groups in total. The van der Waals surface area contributed by atoms with Crippen molar-refractivity contribution < 1.29 is 28.5 Å². The van der Waals surface area contributed by atoms with Crippen LogP contribution >= 0.6 is 11.8 Å². The number of aromatic nitrogens is 1. The highest BCUT2D eigenvalue weighted by molar-refractivity contribution is 8.03. The van der Waals surface area contributed by atoms with E-state index in [0.717, 1.165) is 23.9 Å². The minimum Gasteiger partial charge on any atom is -0.475 e. The fraction of sp³-hybridized carbons (Fsp3) is 0.364. The molecule has 0 radical (unpaired) electrons. The number of amides is 1. The molecule has 0 spiro atoms. The van der Waals surface area contributed by atoms with Gasteiger partial charge in [0.2, 0.25) is 11.8 Å². The normalized spacial score (nSPS) is 13.4. The Labute approximate surface area is 189 Å². The van der Waals surface area contributed by atoms with E-state index in [4.69, 9.17) is 15.6 Å². The van der Waals surface area contributed by atoms with E-state index in [1.807, 2.05) is 0 Å². The van der Waals surface area contributed by atoms with Crippen molar-refractivity contribution in [1.82, 2.24) is 4.98 Å². The third-order valence-electron chi connectivity index (χ3n) is 4.50. The maximum atomic E-state index is 14.8. The van der Waals surface area contributed by atoms with Gasteiger partial charge in [0, 0.05) is 22.5 Å². The summed E-state index contributed by atoms with van der Waals surface area (Å²) >= 11 is 0.999. The Morgan fingerprint density at radius 2 is 1.94 bits per heavy atom.